The number of carbonyl (C=O) groups is 1. The summed E-state index contributed by atoms with van der Waals surface area (Å²) in [6, 6.07) is 16.2. The van der Waals surface area contributed by atoms with Gasteiger partial charge in [0.05, 0.1) is 7.11 Å². The molecular formula is C26H21BrCl2N2O3. The van der Waals surface area contributed by atoms with E-state index >= 15 is 0 Å². The second-order valence-corrected chi connectivity index (χ2v) is 9.12. The Morgan fingerprint density at radius 3 is 2.59 bits per heavy atom. The normalized spacial score (nSPS) is 11.0. The lowest BCUT2D eigenvalue weighted by atomic mass is 10.1. The van der Waals surface area contributed by atoms with Gasteiger partial charge in [-0.1, -0.05) is 57.3 Å². The van der Waals surface area contributed by atoms with Gasteiger partial charge in [-0.25, -0.2) is 0 Å². The first-order chi connectivity index (χ1) is 16.2. The average Bonchev–Trinajstić information content (AvgIpc) is 2.80. The SMILES string of the molecule is COc1cc(/C=C(\C#N)C(=O)Nc2cccc(C)c2C)c(Br)cc1OCc1ccc(Cl)cc1Cl. The maximum Gasteiger partial charge on any atom is 0.266 e. The van der Waals surface area contributed by atoms with E-state index in [0.29, 0.717) is 37.3 Å². The predicted molar refractivity (Wildman–Crippen MR) is 140 cm³/mol. The van der Waals surface area contributed by atoms with Crippen LogP contribution in [0.15, 0.2) is 58.6 Å². The standard InChI is InChI=1S/C26H21BrCl2N2O3/c1-15-5-4-6-23(16(15)2)31-26(32)19(13-30)9-18-10-24(33-3)25(12-21(18)27)34-14-17-7-8-20(28)11-22(17)29/h4-12H,14H2,1-3H3,(H,31,32)/b19-9+. The number of methoxy groups -OCH3 is 1. The number of hydrogen-bond acceptors (Lipinski definition) is 4. The molecule has 0 aliphatic carbocycles. The molecule has 1 N–H and O–H groups in total. The molecule has 3 rings (SSSR count). The van der Waals surface area contributed by atoms with E-state index in [2.05, 4.69) is 21.2 Å². The molecule has 174 valence electrons. The molecule has 0 bridgehead atoms. The van der Waals surface area contributed by atoms with E-state index in [4.69, 9.17) is 32.7 Å². The summed E-state index contributed by atoms with van der Waals surface area (Å²) in [6.45, 7) is 4.08. The molecule has 3 aromatic rings. The number of amides is 1. The van der Waals surface area contributed by atoms with Gasteiger partial charge in [0.25, 0.3) is 5.91 Å². The van der Waals surface area contributed by atoms with Crippen LogP contribution in [-0.4, -0.2) is 13.0 Å². The van der Waals surface area contributed by atoms with Crippen LogP contribution >= 0.6 is 39.1 Å². The minimum atomic E-state index is -0.500. The first-order valence-corrected chi connectivity index (χ1v) is 11.7. The number of aryl methyl sites for hydroxylation is 1. The van der Waals surface area contributed by atoms with Crippen molar-refractivity contribution in [3.05, 3.63) is 90.9 Å². The zero-order valence-electron chi connectivity index (χ0n) is 18.7. The van der Waals surface area contributed by atoms with E-state index in [1.54, 1.807) is 36.4 Å². The van der Waals surface area contributed by atoms with Crippen molar-refractivity contribution >= 4 is 56.8 Å². The third kappa shape index (κ3) is 6.12. The van der Waals surface area contributed by atoms with E-state index in [9.17, 15) is 10.1 Å². The fourth-order valence-corrected chi connectivity index (χ4v) is 4.01. The highest BCUT2D eigenvalue weighted by Crippen LogP contribution is 2.36. The van der Waals surface area contributed by atoms with Crippen molar-refractivity contribution in [1.29, 1.82) is 5.26 Å². The van der Waals surface area contributed by atoms with E-state index in [0.717, 1.165) is 16.7 Å². The van der Waals surface area contributed by atoms with Gasteiger partial charge in [-0.3, -0.25) is 4.79 Å². The number of halogens is 3. The molecule has 0 aliphatic heterocycles. The van der Waals surface area contributed by atoms with Gasteiger partial charge in [-0.15, -0.1) is 0 Å². The summed E-state index contributed by atoms with van der Waals surface area (Å²) in [4.78, 5) is 12.8. The first-order valence-electron chi connectivity index (χ1n) is 10.2. The summed E-state index contributed by atoms with van der Waals surface area (Å²) in [6.07, 6.45) is 1.49. The van der Waals surface area contributed by atoms with Crippen LogP contribution in [0, 0.1) is 25.2 Å². The summed E-state index contributed by atoms with van der Waals surface area (Å²) in [5, 5.41) is 13.5. The first kappa shape index (κ1) is 25.6. The van der Waals surface area contributed by atoms with Gasteiger partial charge < -0.3 is 14.8 Å². The summed E-state index contributed by atoms with van der Waals surface area (Å²) >= 11 is 15.7. The topological polar surface area (TPSA) is 71.3 Å². The highest BCUT2D eigenvalue weighted by Gasteiger charge is 2.15. The van der Waals surface area contributed by atoms with Gasteiger partial charge >= 0.3 is 0 Å². The number of rotatable bonds is 7. The van der Waals surface area contributed by atoms with Crippen LogP contribution in [0.3, 0.4) is 0 Å². The summed E-state index contributed by atoms with van der Waals surface area (Å²) < 4.78 is 12.0. The number of ether oxygens (including phenoxy) is 2. The van der Waals surface area contributed by atoms with Crippen molar-refractivity contribution in [3.63, 3.8) is 0 Å². The number of benzene rings is 3. The van der Waals surface area contributed by atoms with Gasteiger partial charge in [0, 0.05) is 25.8 Å². The number of nitrogens with one attached hydrogen (secondary N) is 1. The van der Waals surface area contributed by atoms with Crippen LogP contribution in [-0.2, 0) is 11.4 Å². The van der Waals surface area contributed by atoms with Gasteiger partial charge in [0.15, 0.2) is 11.5 Å². The van der Waals surface area contributed by atoms with Crippen molar-refractivity contribution < 1.29 is 14.3 Å². The molecule has 0 unspecified atom stereocenters. The minimum absolute atomic E-state index is 0.0507. The molecule has 0 fully saturated rings. The quantitative estimate of drug-likeness (QED) is 0.240. The Hall–Kier alpha value is -2.98. The van der Waals surface area contributed by atoms with E-state index in [1.165, 1.54) is 13.2 Å². The van der Waals surface area contributed by atoms with Crippen molar-refractivity contribution in [2.75, 3.05) is 12.4 Å². The Balaban J connectivity index is 1.84. The van der Waals surface area contributed by atoms with Gasteiger partial charge in [-0.05, 0) is 66.9 Å². The van der Waals surface area contributed by atoms with Crippen LogP contribution < -0.4 is 14.8 Å². The Labute approximate surface area is 217 Å². The molecule has 0 saturated heterocycles. The maximum absolute atomic E-state index is 12.8. The maximum atomic E-state index is 12.8. The zero-order chi connectivity index (χ0) is 24.8. The van der Waals surface area contributed by atoms with Crippen molar-refractivity contribution in [1.82, 2.24) is 0 Å². The molecule has 0 aliphatic rings. The van der Waals surface area contributed by atoms with Crippen LogP contribution in [0.5, 0.6) is 11.5 Å². The second kappa shape index (κ2) is 11.4. The Morgan fingerprint density at radius 2 is 1.91 bits per heavy atom. The number of anilines is 1. The smallest absolute Gasteiger partial charge is 0.266 e. The van der Waals surface area contributed by atoms with Crippen LogP contribution in [0.1, 0.15) is 22.3 Å². The van der Waals surface area contributed by atoms with Crippen LogP contribution in [0.25, 0.3) is 6.08 Å². The number of nitriles is 1. The molecule has 34 heavy (non-hydrogen) atoms. The Kier molecular flexibility index (Phi) is 8.62. The van der Waals surface area contributed by atoms with Crippen molar-refractivity contribution in [2.24, 2.45) is 0 Å². The summed E-state index contributed by atoms with van der Waals surface area (Å²) in [5.41, 5.74) is 3.95. The Morgan fingerprint density at radius 1 is 1.15 bits per heavy atom. The molecule has 5 nitrogen and oxygen atoms in total. The largest absolute Gasteiger partial charge is 0.493 e. The van der Waals surface area contributed by atoms with Gasteiger partial charge in [0.2, 0.25) is 0 Å². The van der Waals surface area contributed by atoms with Crippen molar-refractivity contribution in [2.45, 2.75) is 20.5 Å². The van der Waals surface area contributed by atoms with Crippen LogP contribution in [0.4, 0.5) is 5.69 Å². The summed E-state index contributed by atoms with van der Waals surface area (Å²) in [7, 11) is 1.51. The molecule has 0 spiro atoms. The molecule has 1 amide bonds. The van der Waals surface area contributed by atoms with E-state index in [1.807, 2.05) is 32.0 Å². The van der Waals surface area contributed by atoms with Gasteiger partial charge in [0.1, 0.15) is 18.2 Å². The Bertz CT molecular complexity index is 1320. The monoisotopic (exact) mass is 558 g/mol. The molecule has 0 aromatic heterocycles. The molecular weight excluding hydrogens is 539 g/mol. The fraction of sp³-hybridized carbons (Fsp3) is 0.154. The second-order valence-electron chi connectivity index (χ2n) is 7.42. The fourth-order valence-electron chi connectivity index (χ4n) is 3.11. The molecule has 3 aromatic carbocycles. The molecule has 0 heterocycles. The van der Waals surface area contributed by atoms with Crippen LogP contribution in [0.2, 0.25) is 10.0 Å². The number of hydrogen-bond donors (Lipinski definition) is 1. The number of carbonyl (C=O) groups excluding carboxylic acids is 1. The molecule has 8 heteroatoms. The lowest BCUT2D eigenvalue weighted by Gasteiger charge is -2.14. The van der Waals surface area contributed by atoms with E-state index in [-0.39, 0.29) is 12.2 Å². The lowest BCUT2D eigenvalue weighted by molar-refractivity contribution is -0.112. The van der Waals surface area contributed by atoms with E-state index < -0.39 is 5.91 Å². The summed E-state index contributed by atoms with van der Waals surface area (Å²) in [5.74, 6) is 0.405. The number of nitrogens with zero attached hydrogens (tertiary/aromatic N) is 1. The molecule has 0 radical (unpaired) electrons. The zero-order valence-corrected chi connectivity index (χ0v) is 21.8. The third-order valence-electron chi connectivity index (χ3n) is 5.20. The third-order valence-corrected chi connectivity index (χ3v) is 6.47. The van der Waals surface area contributed by atoms with Crippen molar-refractivity contribution in [3.8, 4) is 17.6 Å². The highest BCUT2D eigenvalue weighted by atomic mass is 79.9. The molecule has 0 atom stereocenters. The molecule has 0 saturated carbocycles. The highest BCUT2D eigenvalue weighted by molar-refractivity contribution is 9.10. The predicted octanol–water partition coefficient (Wildman–Crippen LogP) is 7.51. The van der Waals surface area contributed by atoms with Gasteiger partial charge in [-0.2, -0.15) is 5.26 Å². The lowest BCUT2D eigenvalue weighted by Crippen LogP contribution is -2.14. The average molecular weight is 560 g/mol. The minimum Gasteiger partial charge on any atom is -0.493 e.